The number of nitrogens with zero attached hydrogens (tertiary/aromatic N) is 1. The lowest BCUT2D eigenvalue weighted by atomic mass is 10.0. The molecule has 0 rings (SSSR count). The molecule has 0 saturated heterocycles. The standard InChI is InChI=1S/C11H24N2O/c1-6-13(9(4)5)11(14)7-10(12)8(2)3/h8-10H,6-7,12H2,1-5H3. The summed E-state index contributed by atoms with van der Waals surface area (Å²) in [6.45, 7) is 10.9. The maximum atomic E-state index is 11.8. The van der Waals surface area contributed by atoms with Crippen molar-refractivity contribution in [1.29, 1.82) is 0 Å². The van der Waals surface area contributed by atoms with Gasteiger partial charge in [-0.05, 0) is 26.7 Å². The minimum atomic E-state index is -0.0182. The third-order valence-electron chi connectivity index (χ3n) is 2.55. The SMILES string of the molecule is CCN(C(=O)CC(N)C(C)C)C(C)C. The van der Waals surface area contributed by atoms with Crippen LogP contribution in [0.5, 0.6) is 0 Å². The summed E-state index contributed by atoms with van der Waals surface area (Å²) in [6.07, 6.45) is 0.462. The summed E-state index contributed by atoms with van der Waals surface area (Å²) >= 11 is 0. The van der Waals surface area contributed by atoms with Gasteiger partial charge in [0.25, 0.3) is 0 Å². The molecule has 0 heterocycles. The molecule has 0 saturated carbocycles. The first-order chi connectivity index (χ1) is 6.40. The first kappa shape index (κ1) is 13.4. The Morgan fingerprint density at radius 2 is 1.79 bits per heavy atom. The summed E-state index contributed by atoms with van der Waals surface area (Å²) in [5.74, 6) is 0.536. The first-order valence-corrected chi connectivity index (χ1v) is 5.45. The van der Waals surface area contributed by atoms with Gasteiger partial charge < -0.3 is 10.6 Å². The highest BCUT2D eigenvalue weighted by atomic mass is 16.2. The van der Waals surface area contributed by atoms with E-state index >= 15 is 0 Å². The zero-order valence-electron chi connectivity index (χ0n) is 10.1. The van der Waals surface area contributed by atoms with Crippen LogP contribution < -0.4 is 5.73 Å². The number of carbonyl (C=O) groups is 1. The third-order valence-corrected chi connectivity index (χ3v) is 2.55. The molecule has 0 aliphatic heterocycles. The second kappa shape index (κ2) is 6.02. The molecule has 0 aromatic rings. The van der Waals surface area contributed by atoms with Crippen molar-refractivity contribution in [2.45, 2.75) is 53.1 Å². The van der Waals surface area contributed by atoms with E-state index in [9.17, 15) is 4.79 Å². The van der Waals surface area contributed by atoms with Crippen LogP contribution in [0.1, 0.15) is 41.0 Å². The molecule has 0 aromatic heterocycles. The summed E-state index contributed by atoms with van der Waals surface area (Å²) in [6, 6.07) is 0.252. The molecule has 0 aliphatic rings. The third kappa shape index (κ3) is 4.09. The number of hydrogen-bond acceptors (Lipinski definition) is 2. The fourth-order valence-electron chi connectivity index (χ4n) is 1.38. The molecule has 1 atom stereocenters. The van der Waals surface area contributed by atoms with Crippen LogP contribution in [0.15, 0.2) is 0 Å². The Morgan fingerprint density at radius 3 is 2.07 bits per heavy atom. The summed E-state index contributed by atoms with van der Waals surface area (Å²) in [5.41, 5.74) is 5.86. The molecule has 2 N–H and O–H groups in total. The monoisotopic (exact) mass is 200 g/mol. The van der Waals surface area contributed by atoms with Crippen molar-refractivity contribution in [1.82, 2.24) is 4.90 Å². The van der Waals surface area contributed by atoms with E-state index in [2.05, 4.69) is 0 Å². The van der Waals surface area contributed by atoms with Crippen LogP contribution in [-0.2, 0) is 4.79 Å². The molecular weight excluding hydrogens is 176 g/mol. The molecule has 0 radical (unpaired) electrons. The molecular formula is C11H24N2O. The van der Waals surface area contributed by atoms with Gasteiger partial charge in [0.15, 0.2) is 0 Å². The van der Waals surface area contributed by atoms with Gasteiger partial charge in [-0.15, -0.1) is 0 Å². The van der Waals surface area contributed by atoms with E-state index < -0.39 is 0 Å². The summed E-state index contributed by atoms with van der Waals surface area (Å²) in [4.78, 5) is 13.6. The number of amides is 1. The molecule has 0 aliphatic carbocycles. The molecule has 0 spiro atoms. The van der Waals surface area contributed by atoms with Gasteiger partial charge in [-0.2, -0.15) is 0 Å². The zero-order chi connectivity index (χ0) is 11.3. The normalized spacial score (nSPS) is 13.4. The van der Waals surface area contributed by atoms with E-state index in [0.717, 1.165) is 6.54 Å². The van der Waals surface area contributed by atoms with Crippen molar-refractivity contribution >= 4 is 5.91 Å². The second-order valence-electron chi connectivity index (χ2n) is 4.39. The molecule has 1 unspecified atom stereocenters. The Hall–Kier alpha value is -0.570. The molecule has 0 fully saturated rings. The van der Waals surface area contributed by atoms with Crippen LogP contribution in [0.3, 0.4) is 0 Å². The quantitative estimate of drug-likeness (QED) is 0.733. The summed E-state index contributed by atoms with van der Waals surface area (Å²) < 4.78 is 0. The average molecular weight is 200 g/mol. The van der Waals surface area contributed by atoms with Crippen LogP contribution in [0.25, 0.3) is 0 Å². The van der Waals surface area contributed by atoms with E-state index in [1.54, 1.807) is 0 Å². The average Bonchev–Trinajstić information content (AvgIpc) is 2.04. The van der Waals surface area contributed by atoms with Crippen LogP contribution in [-0.4, -0.2) is 29.4 Å². The van der Waals surface area contributed by atoms with E-state index in [-0.39, 0.29) is 18.0 Å². The number of nitrogens with two attached hydrogens (primary N) is 1. The second-order valence-corrected chi connectivity index (χ2v) is 4.39. The lowest BCUT2D eigenvalue weighted by Gasteiger charge is -2.27. The lowest BCUT2D eigenvalue weighted by Crippen LogP contribution is -2.41. The maximum Gasteiger partial charge on any atom is 0.224 e. The highest BCUT2D eigenvalue weighted by molar-refractivity contribution is 5.77. The highest BCUT2D eigenvalue weighted by Gasteiger charge is 2.19. The molecule has 3 heteroatoms. The lowest BCUT2D eigenvalue weighted by molar-refractivity contribution is -0.133. The van der Waals surface area contributed by atoms with Gasteiger partial charge >= 0.3 is 0 Å². The molecule has 0 bridgehead atoms. The zero-order valence-corrected chi connectivity index (χ0v) is 10.1. The fourth-order valence-corrected chi connectivity index (χ4v) is 1.38. The van der Waals surface area contributed by atoms with Gasteiger partial charge in [-0.1, -0.05) is 13.8 Å². The maximum absolute atomic E-state index is 11.8. The van der Waals surface area contributed by atoms with E-state index in [4.69, 9.17) is 5.73 Å². The van der Waals surface area contributed by atoms with Gasteiger partial charge in [0, 0.05) is 25.0 Å². The van der Waals surface area contributed by atoms with E-state index in [1.165, 1.54) is 0 Å². The van der Waals surface area contributed by atoms with Crippen molar-refractivity contribution in [2.24, 2.45) is 11.7 Å². The van der Waals surface area contributed by atoms with Crippen LogP contribution in [0.4, 0.5) is 0 Å². The van der Waals surface area contributed by atoms with Crippen LogP contribution >= 0.6 is 0 Å². The first-order valence-electron chi connectivity index (χ1n) is 5.45. The molecule has 0 aromatic carbocycles. The van der Waals surface area contributed by atoms with Crippen LogP contribution in [0, 0.1) is 5.92 Å². The molecule has 3 nitrogen and oxygen atoms in total. The van der Waals surface area contributed by atoms with Crippen molar-refractivity contribution in [2.75, 3.05) is 6.54 Å². The summed E-state index contributed by atoms with van der Waals surface area (Å²) in [5, 5.41) is 0. The van der Waals surface area contributed by atoms with Gasteiger partial charge in [-0.25, -0.2) is 0 Å². The minimum absolute atomic E-state index is 0.0182. The van der Waals surface area contributed by atoms with Gasteiger partial charge in [-0.3, -0.25) is 4.79 Å². The van der Waals surface area contributed by atoms with E-state index in [0.29, 0.717) is 12.3 Å². The highest BCUT2D eigenvalue weighted by Crippen LogP contribution is 2.07. The van der Waals surface area contributed by atoms with E-state index in [1.807, 2.05) is 39.5 Å². The Labute approximate surface area is 87.6 Å². The van der Waals surface area contributed by atoms with Crippen molar-refractivity contribution in [3.63, 3.8) is 0 Å². The molecule has 84 valence electrons. The fraction of sp³-hybridized carbons (Fsp3) is 0.909. The number of carbonyl (C=O) groups excluding carboxylic acids is 1. The minimum Gasteiger partial charge on any atom is -0.341 e. The molecule has 14 heavy (non-hydrogen) atoms. The van der Waals surface area contributed by atoms with Crippen LogP contribution in [0.2, 0.25) is 0 Å². The smallest absolute Gasteiger partial charge is 0.224 e. The topological polar surface area (TPSA) is 46.3 Å². The Morgan fingerprint density at radius 1 is 1.29 bits per heavy atom. The Kier molecular flexibility index (Phi) is 5.77. The van der Waals surface area contributed by atoms with Gasteiger partial charge in [0.05, 0.1) is 0 Å². The van der Waals surface area contributed by atoms with Crippen molar-refractivity contribution in [3.8, 4) is 0 Å². The Bertz CT molecular complexity index is 178. The van der Waals surface area contributed by atoms with Gasteiger partial charge in [0.1, 0.15) is 0 Å². The van der Waals surface area contributed by atoms with Gasteiger partial charge in [0.2, 0.25) is 5.91 Å². The largest absolute Gasteiger partial charge is 0.341 e. The Balaban J connectivity index is 4.18. The molecule has 1 amide bonds. The predicted molar refractivity (Wildman–Crippen MR) is 60.0 cm³/mol. The predicted octanol–water partition coefficient (Wildman–Crippen LogP) is 1.62. The summed E-state index contributed by atoms with van der Waals surface area (Å²) in [7, 11) is 0. The number of rotatable bonds is 5. The van der Waals surface area contributed by atoms with Crippen molar-refractivity contribution in [3.05, 3.63) is 0 Å². The van der Waals surface area contributed by atoms with Crippen molar-refractivity contribution < 1.29 is 4.79 Å². The number of hydrogen-bond donors (Lipinski definition) is 1.